The summed E-state index contributed by atoms with van der Waals surface area (Å²) in [6.45, 7) is 12.2. The Kier molecular flexibility index (Phi) is 8.18. The first-order valence-electron chi connectivity index (χ1n) is 20.2. The van der Waals surface area contributed by atoms with Gasteiger partial charge in [-0.25, -0.2) is 0 Å². The molecule has 8 saturated carbocycles. The molecule has 4 heteroatoms. The van der Waals surface area contributed by atoms with Crippen molar-refractivity contribution >= 4 is 17.2 Å². The molecule has 2 saturated heterocycles. The van der Waals surface area contributed by atoms with E-state index in [1.807, 2.05) is 5.56 Å². The minimum Gasteiger partial charge on any atom is -0.316 e. The zero-order valence-corrected chi connectivity index (χ0v) is 31.8. The van der Waals surface area contributed by atoms with Gasteiger partial charge in [0.2, 0.25) is 0 Å². The first-order chi connectivity index (χ1) is 22.1. The van der Waals surface area contributed by atoms with E-state index in [1.54, 1.807) is 88.2 Å². The Bertz CT molecular complexity index is 1150. The van der Waals surface area contributed by atoms with Gasteiger partial charge in [-0.3, -0.25) is 0 Å². The molecular weight excluding hydrogens is 594 g/mol. The molecule has 2 heterocycles. The summed E-state index contributed by atoms with van der Waals surface area (Å²) >= 11 is 0. The van der Waals surface area contributed by atoms with E-state index in [4.69, 9.17) is 0 Å². The fraction of sp³-hybridized carbons (Fsp3) is 0.857. The third-order valence-electron chi connectivity index (χ3n) is 15.9. The molecular formula is C42H66N2P2. The zero-order chi connectivity index (χ0) is 31.3. The maximum absolute atomic E-state index is 3.90. The van der Waals surface area contributed by atoms with Gasteiger partial charge < -0.3 is 10.6 Å². The average molecular weight is 661 g/mol. The van der Waals surface area contributed by atoms with Crippen LogP contribution in [0, 0.1) is 47.3 Å². The maximum Gasteiger partial charge on any atom is 0.0181 e. The second-order valence-electron chi connectivity index (χ2n) is 20.0. The third kappa shape index (κ3) is 5.38. The molecule has 2 nitrogen and oxygen atoms in total. The molecule has 0 spiro atoms. The predicted molar refractivity (Wildman–Crippen MR) is 200 cm³/mol. The van der Waals surface area contributed by atoms with Gasteiger partial charge in [-0.2, -0.15) is 0 Å². The number of hydrogen-bond acceptors (Lipinski definition) is 2. The highest BCUT2D eigenvalue weighted by molar-refractivity contribution is 7.60. The van der Waals surface area contributed by atoms with Crippen molar-refractivity contribution in [1.82, 2.24) is 10.6 Å². The summed E-state index contributed by atoms with van der Waals surface area (Å²) < 4.78 is 0. The van der Waals surface area contributed by atoms with Gasteiger partial charge in [-0.15, -0.1) is 9.24 Å². The molecule has 3 unspecified atom stereocenters. The predicted octanol–water partition coefficient (Wildman–Crippen LogP) is 9.97. The fourth-order valence-corrected chi connectivity index (χ4v) is 20.7. The van der Waals surface area contributed by atoms with Crippen molar-refractivity contribution in [2.24, 2.45) is 47.3 Å². The molecule has 2 aliphatic heterocycles. The largest absolute Gasteiger partial charge is 0.316 e. The van der Waals surface area contributed by atoms with Crippen LogP contribution in [-0.4, -0.2) is 36.5 Å². The van der Waals surface area contributed by atoms with E-state index in [0.717, 1.165) is 35.5 Å². The summed E-state index contributed by atoms with van der Waals surface area (Å²) in [6.07, 6.45) is 26.1. The number of nitrogens with one attached hydrogen (secondary N) is 2. The lowest BCUT2D eigenvalue weighted by Gasteiger charge is -2.67. The molecule has 1 aromatic carbocycles. The van der Waals surface area contributed by atoms with Crippen LogP contribution in [-0.2, 0) is 16.7 Å². The lowest BCUT2D eigenvalue weighted by atomic mass is 9.55. The Morgan fingerprint density at radius 2 is 1.13 bits per heavy atom. The lowest BCUT2D eigenvalue weighted by molar-refractivity contribution is 0.0184. The molecule has 8 bridgehead atoms. The Labute approximate surface area is 285 Å². The van der Waals surface area contributed by atoms with Crippen molar-refractivity contribution in [2.45, 2.75) is 151 Å². The summed E-state index contributed by atoms with van der Waals surface area (Å²) in [5.74, 6) is 7.80. The van der Waals surface area contributed by atoms with Crippen molar-refractivity contribution in [3.05, 3.63) is 34.9 Å². The van der Waals surface area contributed by atoms with Crippen LogP contribution in [0.4, 0.5) is 0 Å². The first-order valence-corrected chi connectivity index (χ1v) is 22.3. The van der Waals surface area contributed by atoms with Gasteiger partial charge in [0.1, 0.15) is 0 Å². The van der Waals surface area contributed by atoms with Gasteiger partial charge in [-0.1, -0.05) is 46.9 Å². The second kappa shape index (κ2) is 11.8. The van der Waals surface area contributed by atoms with Gasteiger partial charge in [0, 0.05) is 5.16 Å². The summed E-state index contributed by atoms with van der Waals surface area (Å²) in [5.41, 5.74) is 5.35. The Balaban J connectivity index is 1.18. The molecule has 8 aliphatic carbocycles. The van der Waals surface area contributed by atoms with Gasteiger partial charge in [0.15, 0.2) is 0 Å². The Hall–Kier alpha value is -0.0000000000000000555. The van der Waals surface area contributed by atoms with Crippen molar-refractivity contribution in [3.8, 4) is 0 Å². The average Bonchev–Trinajstić information content (AvgIpc) is 3.02. The molecule has 0 radical (unpaired) electrons. The molecule has 46 heavy (non-hydrogen) atoms. The molecule has 254 valence electrons. The monoisotopic (exact) mass is 660 g/mol. The third-order valence-corrected chi connectivity index (χ3v) is 21.2. The highest BCUT2D eigenvalue weighted by Gasteiger charge is 2.62. The smallest absolute Gasteiger partial charge is 0.0181 e. The van der Waals surface area contributed by atoms with Crippen LogP contribution < -0.4 is 10.6 Å². The number of hydrogen-bond donors (Lipinski definition) is 2. The van der Waals surface area contributed by atoms with Gasteiger partial charge in [0.05, 0.1) is 0 Å². The van der Waals surface area contributed by atoms with Crippen molar-refractivity contribution in [3.63, 3.8) is 0 Å². The number of rotatable bonds is 7. The minimum atomic E-state index is -0.0616. The standard InChI is InChI=1S/C42H66N2P2/c1-39(2,3)35-9-8-34(38(18-35)42(45,36-6-4-10-43-25-36)37-7-5-11-44-26-37)27-46(40-19-28-12-29(20-40)14-30(13-28)21-40)41-22-31-15-32(23-41)17-33(16-31)24-41/h8-9,18,28-33,36-37,43-44H,4-7,10-17,19-27,45H2,1-3H3. The van der Waals surface area contributed by atoms with E-state index in [9.17, 15) is 0 Å². The number of piperidine rings is 2. The van der Waals surface area contributed by atoms with Crippen molar-refractivity contribution in [1.29, 1.82) is 0 Å². The zero-order valence-electron chi connectivity index (χ0n) is 29.7. The van der Waals surface area contributed by atoms with Gasteiger partial charge >= 0.3 is 0 Å². The molecule has 3 atom stereocenters. The Morgan fingerprint density at radius 1 is 0.696 bits per heavy atom. The highest BCUT2D eigenvalue weighted by atomic mass is 31.1. The van der Waals surface area contributed by atoms with Crippen LogP contribution in [0.1, 0.15) is 140 Å². The quantitative estimate of drug-likeness (QED) is 0.285. The summed E-state index contributed by atoms with van der Waals surface area (Å²) in [5, 5.41) is 9.34. The molecule has 11 rings (SSSR count). The second-order valence-corrected chi connectivity index (χ2v) is 24.0. The van der Waals surface area contributed by atoms with Crippen LogP contribution in [0.5, 0.6) is 0 Å². The number of benzene rings is 1. The van der Waals surface area contributed by atoms with E-state index >= 15 is 0 Å². The van der Waals surface area contributed by atoms with Crippen LogP contribution in [0.2, 0.25) is 0 Å². The molecule has 10 aliphatic rings. The molecule has 1 aromatic rings. The summed E-state index contributed by atoms with van der Waals surface area (Å²) in [7, 11) is 3.62. The normalized spacial score (nSPS) is 45.1. The Morgan fingerprint density at radius 3 is 1.50 bits per heavy atom. The molecule has 10 fully saturated rings. The van der Waals surface area contributed by atoms with E-state index in [-0.39, 0.29) is 18.5 Å². The summed E-state index contributed by atoms with van der Waals surface area (Å²) in [4.78, 5) is 0. The molecule has 0 aromatic heterocycles. The summed E-state index contributed by atoms with van der Waals surface area (Å²) in [6, 6.07) is 8.16. The molecule has 2 N–H and O–H groups in total. The SMILES string of the molecule is CC(C)(C)c1ccc(CP(C23CC4CC(CC(C4)C2)C3)C23CC4CC(CC(C4)C2)C3)c(C(P)(C2CCCNC2)C2CCCNC2)c1. The van der Waals surface area contributed by atoms with Crippen molar-refractivity contribution in [2.75, 3.05) is 26.2 Å². The van der Waals surface area contributed by atoms with Gasteiger partial charge in [-0.05, 0) is 215 Å². The molecule has 0 amide bonds. The fourth-order valence-electron chi connectivity index (χ4n) is 14.7. The lowest BCUT2D eigenvalue weighted by Crippen LogP contribution is -2.56. The van der Waals surface area contributed by atoms with Crippen molar-refractivity contribution < 1.29 is 0 Å². The topological polar surface area (TPSA) is 24.1 Å². The van der Waals surface area contributed by atoms with Crippen LogP contribution in [0.3, 0.4) is 0 Å². The van der Waals surface area contributed by atoms with Crippen LogP contribution in [0.15, 0.2) is 18.2 Å². The van der Waals surface area contributed by atoms with Crippen LogP contribution in [0.25, 0.3) is 0 Å². The van der Waals surface area contributed by atoms with E-state index in [1.165, 1.54) is 58.0 Å². The maximum atomic E-state index is 3.90. The van der Waals surface area contributed by atoms with E-state index in [0.29, 0.717) is 22.1 Å². The van der Waals surface area contributed by atoms with E-state index in [2.05, 4.69) is 58.8 Å². The van der Waals surface area contributed by atoms with Crippen LogP contribution >= 0.6 is 17.2 Å². The minimum absolute atomic E-state index is 0.0616. The highest BCUT2D eigenvalue weighted by Crippen LogP contribution is 2.80. The first kappa shape index (κ1) is 31.9. The van der Waals surface area contributed by atoms with E-state index < -0.39 is 0 Å². The van der Waals surface area contributed by atoms with Gasteiger partial charge in [0.25, 0.3) is 0 Å².